The van der Waals surface area contributed by atoms with Gasteiger partial charge >= 0.3 is 0 Å². The van der Waals surface area contributed by atoms with Crippen molar-refractivity contribution in [2.24, 2.45) is 0 Å². The van der Waals surface area contributed by atoms with Gasteiger partial charge in [-0.1, -0.05) is 59.7 Å². The molecule has 30 heavy (non-hydrogen) atoms. The standard InChI is InChI=1S/C29H33N/c1-26(2)16-27(3,4)22-11-18(7-8-21(22)26)25-14-19-12-23-24(13-20(19)15-30-25)29(6)10-9-28(23,5)17-29/h7-8,11-15H,9-10,16-17H2,1-6H3. The highest BCUT2D eigenvalue weighted by Crippen LogP contribution is 2.61. The topological polar surface area (TPSA) is 12.9 Å². The lowest BCUT2D eigenvalue weighted by Crippen LogP contribution is -2.18. The van der Waals surface area contributed by atoms with E-state index in [1.54, 1.807) is 11.1 Å². The summed E-state index contributed by atoms with van der Waals surface area (Å²) in [5.74, 6) is 0. The third-order valence-corrected chi connectivity index (χ3v) is 8.82. The molecule has 2 aromatic carbocycles. The van der Waals surface area contributed by atoms with E-state index < -0.39 is 0 Å². The van der Waals surface area contributed by atoms with E-state index in [1.807, 2.05) is 0 Å². The van der Waals surface area contributed by atoms with Crippen LogP contribution in [0.2, 0.25) is 0 Å². The van der Waals surface area contributed by atoms with Gasteiger partial charge in [0.2, 0.25) is 0 Å². The first-order chi connectivity index (χ1) is 14.0. The highest BCUT2D eigenvalue weighted by Gasteiger charge is 2.52. The van der Waals surface area contributed by atoms with Crippen molar-refractivity contribution >= 4 is 10.8 Å². The fourth-order valence-electron chi connectivity index (χ4n) is 7.55. The van der Waals surface area contributed by atoms with Gasteiger partial charge in [-0.05, 0) is 93.2 Å². The van der Waals surface area contributed by atoms with Gasteiger partial charge < -0.3 is 0 Å². The summed E-state index contributed by atoms with van der Waals surface area (Å²) in [6.07, 6.45) is 7.27. The summed E-state index contributed by atoms with van der Waals surface area (Å²) in [6, 6.07) is 14.3. The van der Waals surface area contributed by atoms with Gasteiger partial charge in [0.25, 0.3) is 0 Å². The van der Waals surface area contributed by atoms with Crippen LogP contribution in [0.1, 0.15) is 89.5 Å². The van der Waals surface area contributed by atoms with Crippen LogP contribution in [0.4, 0.5) is 0 Å². The number of nitrogens with zero attached hydrogens (tertiary/aromatic N) is 1. The summed E-state index contributed by atoms with van der Waals surface area (Å²) in [7, 11) is 0. The average molecular weight is 396 g/mol. The minimum atomic E-state index is 0.218. The van der Waals surface area contributed by atoms with Crippen molar-refractivity contribution in [3.63, 3.8) is 0 Å². The molecule has 6 rings (SSSR count). The normalized spacial score (nSPS) is 29.9. The van der Waals surface area contributed by atoms with Crippen LogP contribution < -0.4 is 0 Å². The first kappa shape index (κ1) is 18.6. The summed E-state index contributed by atoms with van der Waals surface area (Å²) in [5, 5.41) is 2.63. The minimum Gasteiger partial charge on any atom is -0.256 e. The third kappa shape index (κ3) is 2.33. The molecule has 154 valence electrons. The molecule has 0 amide bonds. The lowest BCUT2D eigenvalue weighted by molar-refractivity contribution is 0.403. The van der Waals surface area contributed by atoms with Gasteiger partial charge in [0.1, 0.15) is 0 Å². The van der Waals surface area contributed by atoms with E-state index in [9.17, 15) is 0 Å². The molecule has 1 nitrogen and oxygen atoms in total. The van der Waals surface area contributed by atoms with E-state index in [0.717, 1.165) is 5.69 Å². The molecule has 0 radical (unpaired) electrons. The number of rotatable bonds is 1. The number of hydrogen-bond donors (Lipinski definition) is 0. The molecule has 1 heterocycles. The molecule has 2 unspecified atom stereocenters. The average Bonchev–Trinajstić information content (AvgIpc) is 3.19. The lowest BCUT2D eigenvalue weighted by atomic mass is 9.77. The molecule has 2 atom stereocenters. The van der Waals surface area contributed by atoms with Crippen LogP contribution in [0, 0.1) is 0 Å². The Labute approximate surface area is 180 Å². The maximum absolute atomic E-state index is 4.91. The Kier molecular flexibility index (Phi) is 3.32. The minimum absolute atomic E-state index is 0.218. The van der Waals surface area contributed by atoms with Crippen molar-refractivity contribution in [2.75, 3.05) is 0 Å². The molecule has 0 aliphatic heterocycles. The van der Waals surface area contributed by atoms with Crippen molar-refractivity contribution < 1.29 is 0 Å². The molecule has 1 heteroatoms. The molecule has 0 saturated heterocycles. The van der Waals surface area contributed by atoms with Crippen LogP contribution in [-0.4, -0.2) is 4.98 Å². The quantitative estimate of drug-likeness (QED) is 0.414. The Morgan fingerprint density at radius 3 is 1.97 bits per heavy atom. The highest BCUT2D eigenvalue weighted by molar-refractivity contribution is 5.88. The van der Waals surface area contributed by atoms with Crippen molar-refractivity contribution in [3.8, 4) is 11.3 Å². The van der Waals surface area contributed by atoms with Crippen LogP contribution in [-0.2, 0) is 21.7 Å². The molecule has 1 saturated carbocycles. The monoisotopic (exact) mass is 395 g/mol. The Bertz CT molecular complexity index is 1230. The molecule has 1 aromatic heterocycles. The highest BCUT2D eigenvalue weighted by atomic mass is 14.7. The Balaban J connectivity index is 1.49. The molecular weight excluding hydrogens is 362 g/mol. The summed E-state index contributed by atoms with van der Waals surface area (Å²) >= 11 is 0. The van der Waals surface area contributed by atoms with E-state index in [0.29, 0.717) is 10.8 Å². The largest absolute Gasteiger partial charge is 0.256 e. The molecule has 3 aromatic rings. The number of pyridine rings is 1. The molecule has 2 bridgehead atoms. The zero-order valence-corrected chi connectivity index (χ0v) is 19.3. The SMILES string of the molecule is CC1(C)CC(C)(C)c2cc(-c3cc4cc5c(cc4cn3)C3(C)CCC5(C)C3)ccc21. The van der Waals surface area contributed by atoms with Crippen molar-refractivity contribution in [3.05, 3.63) is 64.8 Å². The van der Waals surface area contributed by atoms with Crippen molar-refractivity contribution in [1.29, 1.82) is 0 Å². The Hall–Kier alpha value is -2.15. The second-order valence-electron chi connectivity index (χ2n) is 12.3. The molecule has 3 aliphatic carbocycles. The smallest absolute Gasteiger partial charge is 0.0708 e. The molecule has 1 fully saturated rings. The van der Waals surface area contributed by atoms with E-state index in [-0.39, 0.29) is 10.8 Å². The Morgan fingerprint density at radius 2 is 1.27 bits per heavy atom. The molecule has 0 spiro atoms. The predicted octanol–water partition coefficient (Wildman–Crippen LogP) is 7.57. The fraction of sp³-hybridized carbons (Fsp3) is 0.483. The van der Waals surface area contributed by atoms with Crippen LogP contribution in [0.3, 0.4) is 0 Å². The molecule has 0 N–H and O–H groups in total. The van der Waals surface area contributed by atoms with Gasteiger partial charge in [-0.25, -0.2) is 0 Å². The fourth-order valence-corrected chi connectivity index (χ4v) is 7.55. The van der Waals surface area contributed by atoms with Crippen LogP contribution >= 0.6 is 0 Å². The summed E-state index contributed by atoms with van der Waals surface area (Å²) in [5.41, 5.74) is 9.74. The number of hydrogen-bond acceptors (Lipinski definition) is 1. The number of benzene rings is 2. The first-order valence-corrected chi connectivity index (χ1v) is 11.6. The summed E-state index contributed by atoms with van der Waals surface area (Å²) in [4.78, 5) is 4.91. The van der Waals surface area contributed by atoms with Crippen molar-refractivity contribution in [1.82, 2.24) is 4.98 Å². The van der Waals surface area contributed by atoms with Crippen molar-refractivity contribution in [2.45, 2.75) is 88.9 Å². The molecular formula is C29H33N. The zero-order valence-electron chi connectivity index (χ0n) is 19.3. The van der Waals surface area contributed by atoms with Crippen LogP contribution in [0.5, 0.6) is 0 Å². The first-order valence-electron chi connectivity index (χ1n) is 11.6. The van der Waals surface area contributed by atoms with Gasteiger partial charge in [0.15, 0.2) is 0 Å². The maximum atomic E-state index is 4.91. The predicted molar refractivity (Wildman–Crippen MR) is 126 cm³/mol. The second kappa shape index (κ2) is 5.36. The lowest BCUT2D eigenvalue weighted by Gasteiger charge is -2.27. The maximum Gasteiger partial charge on any atom is 0.0708 e. The van der Waals surface area contributed by atoms with Gasteiger partial charge in [-0.2, -0.15) is 0 Å². The van der Waals surface area contributed by atoms with E-state index >= 15 is 0 Å². The number of fused-ring (bicyclic) bond motifs is 7. The summed E-state index contributed by atoms with van der Waals surface area (Å²) in [6.45, 7) is 14.5. The Morgan fingerprint density at radius 1 is 0.633 bits per heavy atom. The zero-order chi connectivity index (χ0) is 21.1. The van der Waals surface area contributed by atoms with Gasteiger partial charge in [-0.3, -0.25) is 4.98 Å². The second-order valence-corrected chi connectivity index (χ2v) is 12.3. The van der Waals surface area contributed by atoms with Gasteiger partial charge in [0, 0.05) is 17.1 Å². The van der Waals surface area contributed by atoms with E-state index in [2.05, 4.69) is 84.1 Å². The van der Waals surface area contributed by atoms with Gasteiger partial charge in [0.05, 0.1) is 5.69 Å². The van der Waals surface area contributed by atoms with Crippen LogP contribution in [0.25, 0.3) is 22.0 Å². The van der Waals surface area contributed by atoms with E-state index in [1.165, 1.54) is 53.1 Å². The number of aromatic nitrogens is 1. The van der Waals surface area contributed by atoms with Crippen LogP contribution in [0.15, 0.2) is 42.6 Å². The van der Waals surface area contributed by atoms with Gasteiger partial charge in [-0.15, -0.1) is 0 Å². The molecule has 3 aliphatic rings. The van der Waals surface area contributed by atoms with E-state index in [4.69, 9.17) is 4.98 Å². The third-order valence-electron chi connectivity index (χ3n) is 8.82. The summed E-state index contributed by atoms with van der Waals surface area (Å²) < 4.78 is 0.